The Hall–Kier alpha value is -1.37. The van der Waals surface area contributed by atoms with E-state index in [0.29, 0.717) is 24.5 Å². The third kappa shape index (κ3) is 2.45. The molecular weight excluding hydrogens is 320 g/mol. The van der Waals surface area contributed by atoms with Crippen LogP contribution in [0.15, 0.2) is 24.3 Å². The maximum atomic E-state index is 14.2. The summed E-state index contributed by atoms with van der Waals surface area (Å²) >= 11 is 0. The first-order valence-electron chi connectivity index (χ1n) is 7.00. The normalized spacial score (nSPS) is 27.4. The molecule has 0 radical (unpaired) electrons. The molecule has 2 atom stereocenters. The van der Waals surface area contributed by atoms with Gasteiger partial charge in [0.1, 0.15) is 5.82 Å². The van der Waals surface area contributed by atoms with E-state index in [-0.39, 0.29) is 12.0 Å². The SMILES string of the molecule is O=S1(=O)C2C=C(c3cccc(C(F)(F)F)c3F)CC1CCC2. The van der Waals surface area contributed by atoms with Crippen molar-refractivity contribution in [2.24, 2.45) is 0 Å². The molecule has 1 saturated heterocycles. The van der Waals surface area contributed by atoms with Crippen LogP contribution in [0, 0.1) is 5.82 Å². The molecule has 0 saturated carbocycles. The van der Waals surface area contributed by atoms with Gasteiger partial charge in [-0.15, -0.1) is 0 Å². The lowest BCUT2D eigenvalue weighted by atomic mass is 9.92. The molecule has 1 fully saturated rings. The van der Waals surface area contributed by atoms with E-state index < -0.39 is 37.9 Å². The van der Waals surface area contributed by atoms with Crippen LogP contribution in [-0.2, 0) is 16.0 Å². The van der Waals surface area contributed by atoms with Gasteiger partial charge in [0.15, 0.2) is 9.84 Å². The van der Waals surface area contributed by atoms with Crippen LogP contribution in [-0.4, -0.2) is 18.9 Å². The monoisotopic (exact) mass is 334 g/mol. The number of allylic oxidation sites excluding steroid dienone is 1. The average Bonchev–Trinajstić information content (AvgIpc) is 2.36. The molecule has 0 aromatic heterocycles. The third-order valence-corrected chi connectivity index (χ3v) is 6.93. The van der Waals surface area contributed by atoms with Crippen LogP contribution in [0.25, 0.3) is 5.57 Å². The molecule has 0 N–H and O–H groups in total. The van der Waals surface area contributed by atoms with Gasteiger partial charge in [0.2, 0.25) is 0 Å². The summed E-state index contributed by atoms with van der Waals surface area (Å²) in [5, 5.41) is -1.32. The van der Waals surface area contributed by atoms with Crippen molar-refractivity contribution in [2.75, 3.05) is 0 Å². The molecule has 120 valence electrons. The molecule has 0 aliphatic carbocycles. The number of benzene rings is 1. The molecular formula is C15H14F4O2S. The van der Waals surface area contributed by atoms with E-state index in [2.05, 4.69) is 0 Å². The van der Waals surface area contributed by atoms with E-state index >= 15 is 0 Å². The highest BCUT2D eigenvalue weighted by Crippen LogP contribution is 2.41. The van der Waals surface area contributed by atoms with Crippen molar-refractivity contribution in [3.8, 4) is 0 Å². The summed E-state index contributed by atoms with van der Waals surface area (Å²) in [5.41, 5.74) is -1.08. The van der Waals surface area contributed by atoms with Crippen molar-refractivity contribution in [1.29, 1.82) is 0 Å². The molecule has 1 aromatic rings. The number of hydrogen-bond acceptors (Lipinski definition) is 2. The van der Waals surface area contributed by atoms with Crippen LogP contribution in [0.5, 0.6) is 0 Å². The highest BCUT2D eigenvalue weighted by molar-refractivity contribution is 7.93. The minimum atomic E-state index is -4.77. The molecule has 2 aliphatic heterocycles. The van der Waals surface area contributed by atoms with Crippen molar-refractivity contribution in [2.45, 2.75) is 42.4 Å². The number of hydrogen-bond donors (Lipinski definition) is 0. The lowest BCUT2D eigenvalue weighted by Gasteiger charge is -2.33. The predicted molar refractivity (Wildman–Crippen MR) is 74.3 cm³/mol. The standard InChI is InChI=1S/C15H14F4O2S/c16-14-12(5-2-6-13(14)15(17,18)19)9-7-10-3-1-4-11(8-9)22(10,20)21/h2,5-7,10-11H,1,3-4,8H2. The van der Waals surface area contributed by atoms with Gasteiger partial charge in [0.05, 0.1) is 16.1 Å². The number of halogens is 4. The second-order valence-electron chi connectivity index (χ2n) is 5.74. The van der Waals surface area contributed by atoms with Crippen LogP contribution in [0.1, 0.15) is 36.8 Å². The molecule has 0 amide bonds. The fourth-order valence-corrected chi connectivity index (χ4v) is 5.51. The molecule has 1 aromatic carbocycles. The van der Waals surface area contributed by atoms with E-state index in [0.717, 1.165) is 12.5 Å². The summed E-state index contributed by atoms with van der Waals surface area (Å²) < 4.78 is 76.9. The quantitative estimate of drug-likeness (QED) is 0.728. The maximum absolute atomic E-state index is 14.2. The second kappa shape index (κ2) is 5.08. The van der Waals surface area contributed by atoms with E-state index in [9.17, 15) is 26.0 Å². The third-order valence-electron chi connectivity index (χ3n) is 4.39. The number of fused-ring (bicyclic) bond motifs is 2. The average molecular weight is 334 g/mol. The summed E-state index contributed by atoms with van der Waals surface area (Å²) in [7, 11) is -3.28. The van der Waals surface area contributed by atoms with E-state index in [1.54, 1.807) is 0 Å². The van der Waals surface area contributed by atoms with E-state index in [4.69, 9.17) is 0 Å². The van der Waals surface area contributed by atoms with Gasteiger partial charge in [-0.1, -0.05) is 24.6 Å². The smallest absolute Gasteiger partial charge is 0.228 e. The van der Waals surface area contributed by atoms with Crippen LogP contribution in [0.4, 0.5) is 17.6 Å². The summed E-state index contributed by atoms with van der Waals surface area (Å²) in [6.07, 6.45) is -1.55. The first-order chi connectivity index (χ1) is 10.2. The van der Waals surface area contributed by atoms with Gasteiger partial charge in [-0.05, 0) is 30.9 Å². The summed E-state index contributed by atoms with van der Waals surface area (Å²) in [4.78, 5) is 0. The Morgan fingerprint density at radius 3 is 2.50 bits per heavy atom. The molecule has 7 heteroatoms. The van der Waals surface area contributed by atoms with Crippen molar-refractivity contribution < 1.29 is 26.0 Å². The number of sulfone groups is 1. The second-order valence-corrected chi connectivity index (χ2v) is 8.19. The Labute approximate surface area is 125 Å². The van der Waals surface area contributed by atoms with Crippen molar-refractivity contribution in [1.82, 2.24) is 0 Å². The zero-order valence-corrected chi connectivity index (χ0v) is 12.3. The minimum Gasteiger partial charge on any atom is -0.228 e. The number of alkyl halides is 3. The Bertz CT molecular complexity index is 734. The molecule has 2 unspecified atom stereocenters. The van der Waals surface area contributed by atoms with Gasteiger partial charge >= 0.3 is 6.18 Å². The first kappa shape index (κ1) is 15.5. The first-order valence-corrected chi connectivity index (χ1v) is 8.61. The van der Waals surface area contributed by atoms with Gasteiger partial charge in [-0.2, -0.15) is 13.2 Å². The Morgan fingerprint density at radius 2 is 1.86 bits per heavy atom. The van der Waals surface area contributed by atoms with Crippen molar-refractivity contribution in [3.05, 3.63) is 41.2 Å². The lowest BCUT2D eigenvalue weighted by Crippen LogP contribution is -2.38. The van der Waals surface area contributed by atoms with Crippen molar-refractivity contribution in [3.63, 3.8) is 0 Å². The maximum Gasteiger partial charge on any atom is 0.419 e. The molecule has 2 bridgehead atoms. The molecule has 2 aliphatic rings. The van der Waals surface area contributed by atoms with Gasteiger partial charge in [-0.3, -0.25) is 0 Å². The minimum absolute atomic E-state index is 0.0804. The lowest BCUT2D eigenvalue weighted by molar-refractivity contribution is -0.140. The molecule has 3 rings (SSSR count). The zero-order valence-electron chi connectivity index (χ0n) is 11.5. The largest absolute Gasteiger partial charge is 0.419 e. The highest BCUT2D eigenvalue weighted by Gasteiger charge is 2.42. The Balaban J connectivity index is 2.08. The van der Waals surface area contributed by atoms with Gasteiger partial charge < -0.3 is 0 Å². The number of rotatable bonds is 1. The summed E-state index contributed by atoms with van der Waals surface area (Å²) in [6, 6.07) is 3.13. The van der Waals surface area contributed by atoms with Crippen LogP contribution < -0.4 is 0 Å². The topological polar surface area (TPSA) is 34.1 Å². The van der Waals surface area contributed by atoms with Crippen LogP contribution in [0.3, 0.4) is 0 Å². The van der Waals surface area contributed by atoms with E-state index in [1.807, 2.05) is 0 Å². The molecule has 0 spiro atoms. The molecule has 2 nitrogen and oxygen atoms in total. The Kier molecular flexibility index (Phi) is 3.58. The fourth-order valence-electron chi connectivity index (χ4n) is 3.26. The zero-order chi connectivity index (χ0) is 16.1. The van der Waals surface area contributed by atoms with Crippen LogP contribution >= 0.6 is 0 Å². The van der Waals surface area contributed by atoms with E-state index in [1.165, 1.54) is 12.1 Å². The van der Waals surface area contributed by atoms with Crippen LogP contribution in [0.2, 0.25) is 0 Å². The Morgan fingerprint density at radius 1 is 1.14 bits per heavy atom. The molecule has 2 heterocycles. The molecule has 22 heavy (non-hydrogen) atoms. The summed E-state index contributed by atoms with van der Waals surface area (Å²) in [6.45, 7) is 0. The van der Waals surface area contributed by atoms with Gasteiger partial charge in [-0.25, -0.2) is 12.8 Å². The predicted octanol–water partition coefficient (Wildman–Crippen LogP) is 3.97. The highest BCUT2D eigenvalue weighted by atomic mass is 32.2. The fraction of sp³-hybridized carbons (Fsp3) is 0.467. The summed E-state index contributed by atoms with van der Waals surface area (Å²) in [5.74, 6) is -1.32. The van der Waals surface area contributed by atoms with Gasteiger partial charge in [0.25, 0.3) is 0 Å². The van der Waals surface area contributed by atoms with Gasteiger partial charge in [0, 0.05) is 5.56 Å². The van der Waals surface area contributed by atoms with Crippen molar-refractivity contribution >= 4 is 15.4 Å².